The Balaban J connectivity index is 2.18. The second kappa shape index (κ2) is 6.04. The van der Waals surface area contributed by atoms with Gasteiger partial charge < -0.3 is 9.84 Å². The Morgan fingerprint density at radius 3 is 2.43 bits per heavy atom. The lowest BCUT2D eigenvalue weighted by Crippen LogP contribution is -1.99. The van der Waals surface area contributed by atoms with Crippen molar-refractivity contribution in [2.75, 3.05) is 0 Å². The zero-order valence-electron chi connectivity index (χ0n) is 11.3. The quantitative estimate of drug-likeness (QED) is 0.673. The van der Waals surface area contributed by atoms with Gasteiger partial charge in [-0.1, -0.05) is 12.1 Å². The van der Waals surface area contributed by atoms with E-state index in [0.29, 0.717) is 17.1 Å². The first-order chi connectivity index (χ1) is 9.94. The molecule has 108 valence electrons. The zero-order valence-corrected chi connectivity index (χ0v) is 11.3. The molecule has 0 radical (unpaired) electrons. The lowest BCUT2D eigenvalue weighted by Gasteiger charge is -2.07. The van der Waals surface area contributed by atoms with Crippen LogP contribution in [0.1, 0.15) is 11.1 Å². The molecule has 21 heavy (non-hydrogen) atoms. The molecular weight excluding hydrogens is 274 g/mol. The molecule has 0 fully saturated rings. The fraction of sp³-hybridized carbons (Fsp3) is 0.133. The molecule has 0 spiro atoms. The molecule has 2 aromatic rings. The minimum absolute atomic E-state index is 0.0347. The average Bonchev–Trinajstić information content (AvgIpc) is 2.39. The number of nitro groups is 1. The van der Waals surface area contributed by atoms with E-state index >= 15 is 0 Å². The molecule has 2 rings (SSSR count). The zero-order chi connectivity index (χ0) is 15.4. The summed E-state index contributed by atoms with van der Waals surface area (Å²) in [7, 11) is 0. The molecule has 0 amide bonds. The van der Waals surface area contributed by atoms with Crippen molar-refractivity contribution in [3.05, 3.63) is 63.7 Å². The lowest BCUT2D eigenvalue weighted by molar-refractivity contribution is -0.385. The molecule has 1 N–H and O–H groups in total. The summed E-state index contributed by atoms with van der Waals surface area (Å²) in [6, 6.07) is 11.1. The van der Waals surface area contributed by atoms with Gasteiger partial charge in [-0.2, -0.15) is 0 Å². The summed E-state index contributed by atoms with van der Waals surface area (Å²) in [5.74, 6) is -0.0466. The van der Waals surface area contributed by atoms with Gasteiger partial charge in [0.1, 0.15) is 11.5 Å². The van der Waals surface area contributed by atoms with E-state index in [-0.39, 0.29) is 12.1 Å². The summed E-state index contributed by atoms with van der Waals surface area (Å²) >= 11 is 0. The van der Waals surface area contributed by atoms with Crippen LogP contribution in [-0.2, 0) is 11.2 Å². The van der Waals surface area contributed by atoms with Crippen molar-refractivity contribution in [2.24, 2.45) is 0 Å². The standard InChI is InChI=1S/C15H13NO5/c1-10-6-12(16(19)20)9-14(7-10)21-13-4-2-11(3-5-13)8-15(17)18/h2-7,9H,8H2,1H3,(H,17,18). The van der Waals surface area contributed by atoms with E-state index in [0.717, 1.165) is 5.56 Å². The molecule has 0 atom stereocenters. The van der Waals surface area contributed by atoms with Gasteiger partial charge in [0.2, 0.25) is 0 Å². The SMILES string of the molecule is Cc1cc(Oc2ccc(CC(=O)O)cc2)cc([N+](=O)[O-])c1. The Bertz CT molecular complexity index is 679. The molecule has 0 saturated heterocycles. The van der Waals surface area contributed by atoms with Gasteiger partial charge in [0.05, 0.1) is 17.4 Å². The predicted octanol–water partition coefficient (Wildman–Crippen LogP) is 3.32. The molecule has 0 bridgehead atoms. The number of benzene rings is 2. The number of aliphatic carboxylic acids is 1. The highest BCUT2D eigenvalue weighted by atomic mass is 16.6. The second-order valence-electron chi connectivity index (χ2n) is 4.58. The molecule has 0 saturated carbocycles. The fourth-order valence-corrected chi connectivity index (χ4v) is 1.88. The number of carboxylic acids is 1. The molecule has 0 unspecified atom stereocenters. The van der Waals surface area contributed by atoms with Crippen molar-refractivity contribution >= 4 is 11.7 Å². The smallest absolute Gasteiger partial charge is 0.307 e. The molecule has 0 heterocycles. The Morgan fingerprint density at radius 2 is 1.86 bits per heavy atom. The molecular formula is C15H13NO5. The number of aryl methyl sites for hydroxylation is 1. The molecule has 6 heteroatoms. The van der Waals surface area contributed by atoms with Crippen molar-refractivity contribution in [1.82, 2.24) is 0 Å². The third-order valence-corrected chi connectivity index (χ3v) is 2.76. The van der Waals surface area contributed by atoms with Gasteiger partial charge in [-0.15, -0.1) is 0 Å². The van der Waals surface area contributed by atoms with Gasteiger partial charge in [0.15, 0.2) is 0 Å². The van der Waals surface area contributed by atoms with Crippen LogP contribution in [0.3, 0.4) is 0 Å². The first-order valence-corrected chi connectivity index (χ1v) is 6.19. The molecule has 2 aromatic carbocycles. The van der Waals surface area contributed by atoms with Crippen LogP contribution in [0.15, 0.2) is 42.5 Å². The maximum atomic E-state index is 10.8. The van der Waals surface area contributed by atoms with Gasteiger partial charge in [-0.05, 0) is 36.2 Å². The van der Waals surface area contributed by atoms with E-state index in [4.69, 9.17) is 9.84 Å². The number of non-ortho nitro benzene ring substituents is 1. The minimum Gasteiger partial charge on any atom is -0.481 e. The van der Waals surface area contributed by atoms with Crippen LogP contribution >= 0.6 is 0 Å². The largest absolute Gasteiger partial charge is 0.481 e. The van der Waals surface area contributed by atoms with Crippen molar-refractivity contribution in [3.8, 4) is 11.5 Å². The summed E-state index contributed by atoms with van der Waals surface area (Å²) < 4.78 is 5.56. The van der Waals surface area contributed by atoms with Crippen molar-refractivity contribution in [3.63, 3.8) is 0 Å². The molecule has 0 aliphatic rings. The molecule has 6 nitrogen and oxygen atoms in total. The van der Waals surface area contributed by atoms with Gasteiger partial charge in [0.25, 0.3) is 5.69 Å². The number of carboxylic acid groups (broad SMARTS) is 1. The summed E-state index contributed by atoms with van der Waals surface area (Å²) in [6.07, 6.45) is -0.0593. The third kappa shape index (κ3) is 4.04. The monoisotopic (exact) mass is 287 g/mol. The lowest BCUT2D eigenvalue weighted by atomic mass is 10.1. The Morgan fingerprint density at radius 1 is 1.19 bits per heavy atom. The minimum atomic E-state index is -0.905. The number of carbonyl (C=O) groups is 1. The van der Waals surface area contributed by atoms with Crippen molar-refractivity contribution < 1.29 is 19.6 Å². The van der Waals surface area contributed by atoms with Crippen LogP contribution in [0.25, 0.3) is 0 Å². The first-order valence-electron chi connectivity index (χ1n) is 6.19. The Labute approximate surface area is 120 Å². The van der Waals surface area contributed by atoms with Crippen LogP contribution in [0, 0.1) is 17.0 Å². The highest BCUT2D eigenvalue weighted by Gasteiger charge is 2.09. The highest BCUT2D eigenvalue weighted by Crippen LogP contribution is 2.27. The number of nitro benzene ring substituents is 1. The van der Waals surface area contributed by atoms with E-state index in [1.54, 1.807) is 37.3 Å². The number of hydrogen-bond acceptors (Lipinski definition) is 4. The fourth-order valence-electron chi connectivity index (χ4n) is 1.88. The molecule has 0 aliphatic heterocycles. The van der Waals surface area contributed by atoms with Gasteiger partial charge in [-0.3, -0.25) is 14.9 Å². The van der Waals surface area contributed by atoms with E-state index in [1.807, 2.05) is 0 Å². The van der Waals surface area contributed by atoms with E-state index < -0.39 is 10.9 Å². The van der Waals surface area contributed by atoms with Crippen LogP contribution < -0.4 is 4.74 Å². The Kier molecular flexibility index (Phi) is 4.18. The molecule has 0 aliphatic carbocycles. The Hall–Kier alpha value is -2.89. The van der Waals surface area contributed by atoms with E-state index in [1.165, 1.54) is 12.1 Å². The third-order valence-electron chi connectivity index (χ3n) is 2.76. The number of ether oxygens (including phenoxy) is 1. The topological polar surface area (TPSA) is 89.7 Å². The van der Waals surface area contributed by atoms with Crippen LogP contribution in [-0.4, -0.2) is 16.0 Å². The summed E-state index contributed by atoms with van der Waals surface area (Å²) in [5, 5.41) is 19.5. The second-order valence-corrected chi connectivity index (χ2v) is 4.58. The highest BCUT2D eigenvalue weighted by molar-refractivity contribution is 5.70. The van der Waals surface area contributed by atoms with Crippen LogP contribution in [0.5, 0.6) is 11.5 Å². The normalized spacial score (nSPS) is 10.1. The van der Waals surface area contributed by atoms with E-state index in [9.17, 15) is 14.9 Å². The average molecular weight is 287 g/mol. The van der Waals surface area contributed by atoms with Crippen molar-refractivity contribution in [2.45, 2.75) is 13.3 Å². The summed E-state index contributed by atoms with van der Waals surface area (Å²) in [4.78, 5) is 20.9. The number of nitrogens with zero attached hydrogens (tertiary/aromatic N) is 1. The van der Waals surface area contributed by atoms with Crippen LogP contribution in [0.2, 0.25) is 0 Å². The predicted molar refractivity (Wildman–Crippen MR) is 75.7 cm³/mol. The van der Waals surface area contributed by atoms with Gasteiger partial charge in [0, 0.05) is 6.07 Å². The maximum absolute atomic E-state index is 10.8. The summed E-state index contributed by atoms with van der Waals surface area (Å²) in [6.45, 7) is 1.75. The number of hydrogen-bond donors (Lipinski definition) is 1. The first kappa shape index (κ1) is 14.5. The van der Waals surface area contributed by atoms with Crippen molar-refractivity contribution in [1.29, 1.82) is 0 Å². The maximum Gasteiger partial charge on any atom is 0.307 e. The summed E-state index contributed by atoms with van der Waals surface area (Å²) in [5.41, 5.74) is 1.35. The van der Waals surface area contributed by atoms with Crippen LogP contribution in [0.4, 0.5) is 5.69 Å². The van der Waals surface area contributed by atoms with Gasteiger partial charge >= 0.3 is 5.97 Å². The van der Waals surface area contributed by atoms with E-state index in [2.05, 4.69) is 0 Å². The molecule has 0 aromatic heterocycles. The number of rotatable bonds is 5. The van der Waals surface area contributed by atoms with Gasteiger partial charge in [-0.25, -0.2) is 0 Å².